The van der Waals surface area contributed by atoms with Crippen LogP contribution in [0.1, 0.15) is 61.8 Å². The monoisotopic (exact) mass is 518 g/mol. The lowest BCUT2D eigenvalue weighted by atomic mass is 9.70. The fourth-order valence-corrected chi connectivity index (χ4v) is 3.97. The average Bonchev–Trinajstić information content (AvgIpc) is 2.68. The maximum Gasteiger partial charge on any atom is 0.336 e. The predicted octanol–water partition coefficient (Wildman–Crippen LogP) is 0.935. The van der Waals surface area contributed by atoms with E-state index in [0.717, 1.165) is 34.6 Å². The molecule has 1 aliphatic rings. The molecule has 13 nitrogen and oxygen atoms in total. The zero-order valence-electron chi connectivity index (χ0n) is 21.6. The third kappa shape index (κ3) is 7.90. The third-order valence-electron chi connectivity index (χ3n) is 5.45. The van der Waals surface area contributed by atoms with Gasteiger partial charge in [0.25, 0.3) is 0 Å². The van der Waals surface area contributed by atoms with Gasteiger partial charge < -0.3 is 33.5 Å². The molecule has 0 spiro atoms. The van der Waals surface area contributed by atoms with Gasteiger partial charge in [0.05, 0.1) is 0 Å². The van der Waals surface area contributed by atoms with Crippen LogP contribution in [0.2, 0.25) is 0 Å². The van der Waals surface area contributed by atoms with Gasteiger partial charge in [-0.05, 0) is 0 Å². The van der Waals surface area contributed by atoms with Crippen molar-refractivity contribution in [3.05, 3.63) is 0 Å². The lowest BCUT2D eigenvalue weighted by Gasteiger charge is -2.52. The molecule has 1 rings (SSSR count). The first-order valence-electron chi connectivity index (χ1n) is 11.1. The summed E-state index contributed by atoms with van der Waals surface area (Å²) in [6.45, 7) is 9.42. The summed E-state index contributed by atoms with van der Waals surface area (Å²) in [7, 11) is 0. The van der Waals surface area contributed by atoms with E-state index in [-0.39, 0.29) is 0 Å². The molecule has 0 bridgehead atoms. The summed E-state index contributed by atoms with van der Waals surface area (Å²) in [6, 6.07) is 0. The summed E-state index contributed by atoms with van der Waals surface area (Å²) in [4.78, 5) is 71.9. The Kier molecular flexibility index (Phi) is 10.4. The van der Waals surface area contributed by atoms with Gasteiger partial charge in [-0.1, -0.05) is 20.8 Å². The first-order valence-corrected chi connectivity index (χ1v) is 11.1. The highest BCUT2D eigenvalue weighted by Gasteiger charge is 2.62. The molecule has 1 saturated heterocycles. The van der Waals surface area contributed by atoms with Crippen molar-refractivity contribution in [2.75, 3.05) is 6.61 Å². The van der Waals surface area contributed by atoms with E-state index in [0.29, 0.717) is 0 Å². The van der Waals surface area contributed by atoms with Crippen molar-refractivity contribution in [3.8, 4) is 0 Å². The lowest BCUT2D eigenvalue weighted by molar-refractivity contribution is -0.283. The van der Waals surface area contributed by atoms with E-state index in [1.165, 1.54) is 0 Å². The van der Waals surface area contributed by atoms with Crippen molar-refractivity contribution in [1.29, 1.82) is 0 Å². The van der Waals surface area contributed by atoms with Crippen molar-refractivity contribution >= 4 is 35.8 Å². The minimum Gasteiger partial charge on any atom is -0.479 e. The third-order valence-corrected chi connectivity index (χ3v) is 5.45. The molecule has 1 heterocycles. The van der Waals surface area contributed by atoms with Crippen molar-refractivity contribution in [3.63, 3.8) is 0 Å². The van der Waals surface area contributed by atoms with E-state index in [4.69, 9.17) is 28.4 Å². The van der Waals surface area contributed by atoms with E-state index >= 15 is 0 Å². The van der Waals surface area contributed by atoms with Crippen LogP contribution >= 0.6 is 0 Å². The second kappa shape index (κ2) is 12.2. The maximum atomic E-state index is 12.6. The Hall–Kier alpha value is -3.22. The van der Waals surface area contributed by atoms with Gasteiger partial charge in [0.15, 0.2) is 23.9 Å². The Labute approximate surface area is 208 Å². The first kappa shape index (κ1) is 30.8. The summed E-state index contributed by atoms with van der Waals surface area (Å²) in [5, 5.41) is 10.3. The van der Waals surface area contributed by atoms with Crippen molar-refractivity contribution in [1.82, 2.24) is 0 Å². The van der Waals surface area contributed by atoms with E-state index in [9.17, 15) is 33.9 Å². The van der Waals surface area contributed by atoms with Crippen LogP contribution in [0, 0.1) is 5.41 Å². The summed E-state index contributed by atoms with van der Waals surface area (Å²) < 4.78 is 32.4. The second-order valence-electron chi connectivity index (χ2n) is 9.42. The highest BCUT2D eigenvalue weighted by molar-refractivity contribution is 5.79. The maximum absolute atomic E-state index is 12.6. The SMILES string of the molecule is CC(=O)OC[C@@H](OC(C)=O)[C@@H](OC(C)=O)C1O[C@](C(=O)O)(C(C)(C)C)CC(OC(C)=O)[C@H]1OC(C)=O. The highest BCUT2D eigenvalue weighted by Crippen LogP contribution is 2.46. The molecule has 2 unspecified atom stereocenters. The quantitative estimate of drug-likeness (QED) is 0.337. The lowest BCUT2D eigenvalue weighted by Crippen LogP contribution is -2.68. The first-order chi connectivity index (χ1) is 16.4. The molecule has 36 heavy (non-hydrogen) atoms. The Morgan fingerprint density at radius 3 is 1.78 bits per heavy atom. The topological polar surface area (TPSA) is 178 Å². The number of carbonyl (C=O) groups excluding carboxylic acids is 5. The number of carboxylic acids is 1. The van der Waals surface area contributed by atoms with Crippen LogP contribution in [0.15, 0.2) is 0 Å². The number of hydrogen-bond donors (Lipinski definition) is 1. The minimum absolute atomic E-state index is 0.422. The number of carbonyl (C=O) groups is 6. The smallest absolute Gasteiger partial charge is 0.336 e. The fourth-order valence-electron chi connectivity index (χ4n) is 3.97. The molecule has 0 saturated carbocycles. The zero-order chi connectivity index (χ0) is 28.0. The van der Waals surface area contributed by atoms with Gasteiger partial charge in [0.2, 0.25) is 0 Å². The van der Waals surface area contributed by atoms with Gasteiger partial charge in [-0.25, -0.2) is 4.79 Å². The van der Waals surface area contributed by atoms with Gasteiger partial charge in [-0.15, -0.1) is 0 Å². The largest absolute Gasteiger partial charge is 0.479 e. The molecular formula is C23H34O13. The number of carboxylic acid groups (broad SMARTS) is 1. The Balaban J connectivity index is 3.83. The molecule has 0 amide bonds. The van der Waals surface area contributed by atoms with Crippen LogP contribution in [-0.2, 0) is 57.2 Å². The normalized spacial score (nSPS) is 25.5. The van der Waals surface area contributed by atoms with Gasteiger partial charge >= 0.3 is 35.8 Å². The van der Waals surface area contributed by atoms with Gasteiger partial charge in [0, 0.05) is 46.5 Å². The van der Waals surface area contributed by atoms with Crippen LogP contribution in [0.4, 0.5) is 0 Å². The minimum atomic E-state index is -2.05. The predicted molar refractivity (Wildman–Crippen MR) is 118 cm³/mol. The number of hydrogen-bond acceptors (Lipinski definition) is 12. The van der Waals surface area contributed by atoms with Crippen LogP contribution in [-0.4, -0.2) is 83.7 Å². The second-order valence-corrected chi connectivity index (χ2v) is 9.42. The Morgan fingerprint density at radius 1 is 0.861 bits per heavy atom. The van der Waals surface area contributed by atoms with E-state index in [1.54, 1.807) is 20.8 Å². The average molecular weight is 519 g/mol. The van der Waals surface area contributed by atoms with E-state index in [1.807, 2.05) is 0 Å². The van der Waals surface area contributed by atoms with Crippen molar-refractivity contribution in [2.24, 2.45) is 5.41 Å². The fraction of sp³-hybridized carbons (Fsp3) is 0.739. The summed E-state index contributed by atoms with van der Waals surface area (Å²) in [6.07, 6.45) is -8.04. The number of rotatable bonds is 9. The summed E-state index contributed by atoms with van der Waals surface area (Å²) in [5.74, 6) is -5.55. The number of esters is 5. The number of aliphatic carboxylic acids is 1. The Morgan fingerprint density at radius 2 is 1.39 bits per heavy atom. The summed E-state index contributed by atoms with van der Waals surface area (Å²) in [5.41, 5.74) is -3.18. The van der Waals surface area contributed by atoms with Crippen LogP contribution < -0.4 is 0 Å². The molecule has 6 atom stereocenters. The molecular weight excluding hydrogens is 484 g/mol. The molecule has 1 aliphatic heterocycles. The molecule has 1 fully saturated rings. The molecule has 0 aliphatic carbocycles. The molecule has 204 valence electrons. The number of ether oxygens (including phenoxy) is 6. The molecule has 0 radical (unpaired) electrons. The van der Waals surface area contributed by atoms with E-state index in [2.05, 4.69) is 0 Å². The molecule has 1 N–H and O–H groups in total. The Bertz CT molecular complexity index is 874. The van der Waals surface area contributed by atoms with Crippen molar-refractivity contribution in [2.45, 2.75) is 97.9 Å². The highest BCUT2D eigenvalue weighted by atomic mass is 16.7. The van der Waals surface area contributed by atoms with Crippen LogP contribution in [0.5, 0.6) is 0 Å². The van der Waals surface area contributed by atoms with Gasteiger partial charge in [-0.2, -0.15) is 0 Å². The van der Waals surface area contributed by atoms with Crippen LogP contribution in [0.3, 0.4) is 0 Å². The zero-order valence-corrected chi connectivity index (χ0v) is 21.6. The molecule has 0 aromatic heterocycles. The summed E-state index contributed by atoms with van der Waals surface area (Å²) >= 11 is 0. The van der Waals surface area contributed by atoms with E-state index < -0.39 is 90.4 Å². The molecule has 13 heteroatoms. The van der Waals surface area contributed by atoms with Gasteiger partial charge in [-0.3, -0.25) is 24.0 Å². The molecule has 0 aromatic carbocycles. The van der Waals surface area contributed by atoms with Gasteiger partial charge in [0.1, 0.15) is 18.8 Å². The van der Waals surface area contributed by atoms with Crippen molar-refractivity contribution < 1.29 is 62.3 Å². The standard InChI is InChI=1S/C23H34O13/c1-11(24)31-10-17(33-13(3)26)19(35-15(5)28)20-18(34-14(4)27)16(32-12(2)25)9-23(36-20,21(29)30)22(6,7)8/h16-20H,9-10H2,1-8H3,(H,29,30)/t16?,17-,18-,19-,20?,23-/m1/s1. The van der Waals surface area contributed by atoms with Crippen LogP contribution in [0.25, 0.3) is 0 Å². The molecule has 0 aromatic rings.